The predicted molar refractivity (Wildman–Crippen MR) is 102 cm³/mol. The van der Waals surface area contributed by atoms with Gasteiger partial charge in [-0.1, -0.05) is 74.1 Å². The molecule has 4 nitrogen and oxygen atoms in total. The second-order valence-corrected chi connectivity index (χ2v) is 7.18. The van der Waals surface area contributed by atoms with Crippen molar-refractivity contribution >= 4 is 17.7 Å². The summed E-state index contributed by atoms with van der Waals surface area (Å²) in [5.74, 6) is 0.0143. The van der Waals surface area contributed by atoms with Crippen LogP contribution in [0.2, 0.25) is 0 Å². The van der Waals surface area contributed by atoms with Crippen LogP contribution in [0.1, 0.15) is 36.1 Å². The maximum Gasteiger partial charge on any atom is 0.235 e. The van der Waals surface area contributed by atoms with E-state index < -0.39 is 5.25 Å². The standard InChI is InChI=1S/C20H21N3OS/c1-14(2)16-10-6-7-11-17(16)23-13-12-22-20(23)25-18(19(21)24)15-8-4-3-5-9-15/h3-14,18H,1-2H3,(H2,21,24). The average Bonchev–Trinajstić information content (AvgIpc) is 3.08. The van der Waals surface area contributed by atoms with Gasteiger partial charge in [-0.3, -0.25) is 9.36 Å². The fourth-order valence-corrected chi connectivity index (χ4v) is 3.79. The molecule has 128 valence electrons. The first-order chi connectivity index (χ1) is 12.1. The Kier molecular flexibility index (Phi) is 5.24. The number of carbonyl (C=O) groups is 1. The van der Waals surface area contributed by atoms with Crippen LogP contribution in [0, 0.1) is 0 Å². The van der Waals surface area contributed by atoms with Crippen LogP contribution in [0.15, 0.2) is 72.1 Å². The Balaban J connectivity index is 1.98. The van der Waals surface area contributed by atoms with E-state index in [1.165, 1.54) is 17.3 Å². The number of rotatable bonds is 6. The first kappa shape index (κ1) is 17.3. The number of nitrogens with zero attached hydrogens (tertiary/aromatic N) is 2. The number of amides is 1. The highest BCUT2D eigenvalue weighted by Gasteiger charge is 2.22. The molecule has 3 aromatic rings. The lowest BCUT2D eigenvalue weighted by molar-refractivity contribution is -0.117. The smallest absolute Gasteiger partial charge is 0.235 e. The summed E-state index contributed by atoms with van der Waals surface area (Å²) in [6.07, 6.45) is 3.68. The van der Waals surface area contributed by atoms with Crippen molar-refractivity contribution in [2.75, 3.05) is 0 Å². The van der Waals surface area contributed by atoms with Gasteiger partial charge < -0.3 is 5.73 Å². The lowest BCUT2D eigenvalue weighted by atomic mass is 10.0. The molecular weight excluding hydrogens is 330 g/mol. The highest BCUT2D eigenvalue weighted by molar-refractivity contribution is 8.00. The third kappa shape index (κ3) is 3.77. The molecule has 0 aliphatic rings. The molecule has 0 spiro atoms. The minimum Gasteiger partial charge on any atom is -0.368 e. The molecule has 0 saturated carbocycles. The van der Waals surface area contributed by atoms with Crippen molar-refractivity contribution in [3.63, 3.8) is 0 Å². The summed E-state index contributed by atoms with van der Waals surface area (Å²) in [5.41, 5.74) is 8.85. The molecule has 1 unspecified atom stereocenters. The largest absolute Gasteiger partial charge is 0.368 e. The molecule has 2 aromatic carbocycles. The number of imidazole rings is 1. The van der Waals surface area contributed by atoms with Crippen LogP contribution >= 0.6 is 11.8 Å². The summed E-state index contributed by atoms with van der Waals surface area (Å²) < 4.78 is 2.03. The van der Waals surface area contributed by atoms with Crippen molar-refractivity contribution in [1.82, 2.24) is 9.55 Å². The van der Waals surface area contributed by atoms with Crippen LogP contribution in [-0.2, 0) is 4.79 Å². The Morgan fingerprint density at radius 1 is 1.08 bits per heavy atom. The number of carbonyl (C=O) groups excluding carboxylic acids is 1. The Morgan fingerprint density at radius 2 is 1.76 bits per heavy atom. The fraction of sp³-hybridized carbons (Fsp3) is 0.200. The summed E-state index contributed by atoms with van der Waals surface area (Å²) in [7, 11) is 0. The zero-order valence-corrected chi connectivity index (χ0v) is 15.1. The lowest BCUT2D eigenvalue weighted by Gasteiger charge is -2.17. The van der Waals surface area contributed by atoms with Gasteiger partial charge in [0.05, 0.1) is 5.69 Å². The number of hydrogen-bond acceptors (Lipinski definition) is 3. The first-order valence-electron chi connectivity index (χ1n) is 8.21. The molecule has 0 aliphatic carbocycles. The first-order valence-corrected chi connectivity index (χ1v) is 9.09. The van der Waals surface area contributed by atoms with Gasteiger partial charge in [-0.2, -0.15) is 0 Å². The molecule has 0 radical (unpaired) electrons. The van der Waals surface area contributed by atoms with Gasteiger partial charge in [0.1, 0.15) is 5.25 Å². The van der Waals surface area contributed by atoms with Gasteiger partial charge in [-0.25, -0.2) is 4.98 Å². The maximum absolute atomic E-state index is 12.0. The van der Waals surface area contributed by atoms with E-state index in [1.807, 2.05) is 53.2 Å². The molecule has 1 amide bonds. The molecule has 0 aliphatic heterocycles. The van der Waals surface area contributed by atoms with Crippen LogP contribution < -0.4 is 5.73 Å². The van der Waals surface area contributed by atoms with Crippen LogP contribution in [0.25, 0.3) is 5.69 Å². The normalized spacial score (nSPS) is 12.3. The van der Waals surface area contributed by atoms with E-state index in [9.17, 15) is 4.79 Å². The summed E-state index contributed by atoms with van der Waals surface area (Å²) in [6.45, 7) is 4.33. The van der Waals surface area contributed by atoms with E-state index in [-0.39, 0.29) is 5.91 Å². The third-order valence-electron chi connectivity index (χ3n) is 4.01. The Bertz CT molecular complexity index is 858. The molecule has 2 N–H and O–H groups in total. The Hall–Kier alpha value is -2.53. The summed E-state index contributed by atoms with van der Waals surface area (Å²) in [4.78, 5) is 16.5. The van der Waals surface area contributed by atoms with Crippen LogP contribution in [0.3, 0.4) is 0 Å². The van der Waals surface area contributed by atoms with Gasteiger partial charge in [-0.15, -0.1) is 0 Å². The topological polar surface area (TPSA) is 60.9 Å². The van der Waals surface area contributed by atoms with Crippen molar-refractivity contribution in [1.29, 1.82) is 0 Å². The Labute approximate surface area is 152 Å². The van der Waals surface area contributed by atoms with Gasteiger partial charge in [0.15, 0.2) is 5.16 Å². The molecular formula is C20H21N3OS. The van der Waals surface area contributed by atoms with Crippen molar-refractivity contribution in [2.45, 2.75) is 30.2 Å². The third-order valence-corrected chi connectivity index (χ3v) is 5.26. The average molecular weight is 351 g/mol. The zero-order chi connectivity index (χ0) is 17.8. The number of thioether (sulfide) groups is 1. The molecule has 0 bridgehead atoms. The highest BCUT2D eigenvalue weighted by atomic mass is 32.2. The van der Waals surface area contributed by atoms with Gasteiger partial charge >= 0.3 is 0 Å². The van der Waals surface area contributed by atoms with Gasteiger partial charge in [0.25, 0.3) is 0 Å². The zero-order valence-electron chi connectivity index (χ0n) is 14.3. The van der Waals surface area contributed by atoms with Crippen molar-refractivity contribution in [2.24, 2.45) is 5.73 Å². The molecule has 1 aromatic heterocycles. The van der Waals surface area contributed by atoms with Gasteiger partial charge in [-0.05, 0) is 23.1 Å². The van der Waals surface area contributed by atoms with E-state index in [4.69, 9.17) is 5.73 Å². The number of primary amides is 1. The fourth-order valence-electron chi connectivity index (χ4n) is 2.78. The van der Waals surface area contributed by atoms with Crippen LogP contribution in [0.4, 0.5) is 0 Å². The molecule has 0 fully saturated rings. The molecule has 3 rings (SSSR count). The van der Waals surface area contributed by atoms with E-state index >= 15 is 0 Å². The van der Waals surface area contributed by atoms with Gasteiger partial charge in [0.2, 0.25) is 5.91 Å². The number of para-hydroxylation sites is 1. The van der Waals surface area contributed by atoms with E-state index in [1.54, 1.807) is 6.20 Å². The van der Waals surface area contributed by atoms with E-state index in [0.29, 0.717) is 5.92 Å². The van der Waals surface area contributed by atoms with E-state index in [2.05, 4.69) is 31.0 Å². The second-order valence-electron chi connectivity index (χ2n) is 6.10. The second kappa shape index (κ2) is 7.57. The van der Waals surface area contributed by atoms with Crippen LogP contribution in [0.5, 0.6) is 0 Å². The van der Waals surface area contributed by atoms with Crippen molar-refractivity contribution in [3.8, 4) is 5.69 Å². The molecule has 5 heteroatoms. The van der Waals surface area contributed by atoms with Crippen molar-refractivity contribution < 1.29 is 4.79 Å². The van der Waals surface area contributed by atoms with Crippen molar-refractivity contribution in [3.05, 3.63) is 78.1 Å². The summed E-state index contributed by atoms with van der Waals surface area (Å²) >= 11 is 1.38. The van der Waals surface area contributed by atoms with Crippen LogP contribution in [-0.4, -0.2) is 15.5 Å². The minimum atomic E-state index is -0.478. The van der Waals surface area contributed by atoms with E-state index in [0.717, 1.165) is 16.4 Å². The lowest BCUT2D eigenvalue weighted by Crippen LogP contribution is -2.19. The molecule has 1 heterocycles. The predicted octanol–water partition coefficient (Wildman–Crippen LogP) is 4.31. The SMILES string of the molecule is CC(C)c1ccccc1-n1ccnc1SC(C(N)=O)c1ccccc1. The Morgan fingerprint density at radius 3 is 2.44 bits per heavy atom. The summed E-state index contributed by atoms with van der Waals surface area (Å²) in [6, 6.07) is 17.8. The van der Waals surface area contributed by atoms with Gasteiger partial charge in [0, 0.05) is 12.4 Å². The maximum atomic E-state index is 12.0. The monoisotopic (exact) mass is 351 g/mol. The number of nitrogens with two attached hydrogens (primary N) is 1. The highest BCUT2D eigenvalue weighted by Crippen LogP contribution is 2.36. The number of aromatic nitrogens is 2. The number of benzene rings is 2. The quantitative estimate of drug-likeness (QED) is 0.673. The summed E-state index contributed by atoms with van der Waals surface area (Å²) in [5, 5.41) is 0.273. The minimum absolute atomic E-state index is 0.372. The molecule has 0 saturated heterocycles. The molecule has 25 heavy (non-hydrogen) atoms. The number of hydrogen-bond donors (Lipinski definition) is 1. The molecule has 1 atom stereocenters.